The number of aliphatic hydroxyl groups is 1. The smallest absolute Gasteiger partial charge is 0.271 e. The minimum atomic E-state index is -3.84. The molecule has 0 fully saturated rings. The number of carbonyl (C=O) groups excluding carboxylic acids is 2. The molecule has 0 radical (unpaired) electrons. The Kier molecular flexibility index (Phi) is 14.1. The number of likely N-dealkylation sites (N-methyl/N-ethyl adjacent to an activating group) is 1. The van der Waals surface area contributed by atoms with Crippen LogP contribution in [0.25, 0.3) is 0 Å². The van der Waals surface area contributed by atoms with Crippen molar-refractivity contribution in [3.63, 3.8) is 0 Å². The number of rotatable bonds is 11. The molecule has 13 heteroatoms. The highest BCUT2D eigenvalue weighted by Crippen LogP contribution is 2.30. The highest BCUT2D eigenvalue weighted by molar-refractivity contribution is 7.94. The number of anilines is 1. The van der Waals surface area contributed by atoms with Crippen LogP contribution >= 0.6 is 11.3 Å². The van der Waals surface area contributed by atoms with E-state index in [0.29, 0.717) is 25.3 Å². The average molecular weight is 667 g/mol. The molecule has 0 saturated carbocycles. The molecule has 1 aromatic heterocycles. The van der Waals surface area contributed by atoms with Gasteiger partial charge < -0.3 is 29.3 Å². The summed E-state index contributed by atoms with van der Waals surface area (Å²) < 4.78 is 41.2. The number of nitrogens with zero attached hydrogens (tertiary/aromatic N) is 3. The van der Waals surface area contributed by atoms with Crippen LogP contribution in [0.3, 0.4) is 0 Å². The van der Waals surface area contributed by atoms with Gasteiger partial charge in [-0.25, -0.2) is 8.42 Å². The van der Waals surface area contributed by atoms with Gasteiger partial charge in [-0.2, -0.15) is 0 Å². The summed E-state index contributed by atoms with van der Waals surface area (Å²) in [6.45, 7) is 7.37. The molecule has 0 saturated heterocycles. The lowest BCUT2D eigenvalue weighted by Gasteiger charge is -2.36. The number of hydrogen-bond acceptors (Lipinski definition) is 9. The zero-order chi connectivity index (χ0) is 33.1. The Morgan fingerprint density at radius 1 is 1.20 bits per heavy atom. The Balaban J connectivity index is 1.92. The van der Waals surface area contributed by atoms with E-state index in [1.165, 1.54) is 12.1 Å². The van der Waals surface area contributed by atoms with E-state index in [0.717, 1.165) is 43.6 Å². The van der Waals surface area contributed by atoms with E-state index >= 15 is 0 Å². The van der Waals surface area contributed by atoms with E-state index < -0.39 is 22.0 Å². The van der Waals surface area contributed by atoms with Crippen molar-refractivity contribution in [1.82, 2.24) is 14.7 Å². The molecule has 1 aliphatic heterocycles. The van der Waals surface area contributed by atoms with Crippen molar-refractivity contribution in [2.75, 3.05) is 58.7 Å². The third-order valence-corrected chi connectivity index (χ3v) is 10.7. The van der Waals surface area contributed by atoms with E-state index in [9.17, 15) is 23.1 Å². The molecular weight excluding hydrogens is 617 g/mol. The molecule has 2 amide bonds. The van der Waals surface area contributed by atoms with Gasteiger partial charge in [0.05, 0.1) is 30.4 Å². The number of ether oxygens (including phenoxy) is 2. The zero-order valence-electron chi connectivity index (χ0n) is 27.4. The average Bonchev–Trinajstić information content (AvgIpc) is 3.54. The second-order valence-electron chi connectivity index (χ2n) is 12.2. The number of thiophene rings is 1. The summed E-state index contributed by atoms with van der Waals surface area (Å²) in [6.07, 6.45) is 3.03. The van der Waals surface area contributed by atoms with E-state index in [4.69, 9.17) is 9.47 Å². The van der Waals surface area contributed by atoms with Crippen LogP contribution < -0.4 is 9.46 Å². The first kappa shape index (κ1) is 36.8. The number of hydrogen-bond donors (Lipinski definition) is 2. The fraction of sp³-hybridized carbons (Fsp3) is 0.625. The summed E-state index contributed by atoms with van der Waals surface area (Å²) in [5, 5.41) is 11.8. The maximum absolute atomic E-state index is 14.3. The molecule has 252 valence electrons. The number of fused-ring (bicyclic) bond motifs is 1. The minimum Gasteiger partial charge on any atom is -0.490 e. The van der Waals surface area contributed by atoms with Gasteiger partial charge in [-0.15, -0.1) is 11.3 Å². The monoisotopic (exact) mass is 666 g/mol. The second kappa shape index (κ2) is 17.3. The highest BCUT2D eigenvalue weighted by atomic mass is 32.2. The Bertz CT molecular complexity index is 1340. The molecule has 3 rings (SSSR count). The summed E-state index contributed by atoms with van der Waals surface area (Å²) >= 11 is 1.10. The van der Waals surface area contributed by atoms with Gasteiger partial charge in [0.1, 0.15) is 9.96 Å². The molecule has 11 nitrogen and oxygen atoms in total. The molecule has 1 aliphatic rings. The molecule has 0 unspecified atom stereocenters. The molecule has 4 atom stereocenters. The zero-order valence-corrected chi connectivity index (χ0v) is 29.0. The molecule has 0 spiro atoms. The molecule has 0 bridgehead atoms. The molecule has 0 aliphatic carbocycles. The molecule has 45 heavy (non-hydrogen) atoms. The van der Waals surface area contributed by atoms with Crippen molar-refractivity contribution < 1.29 is 32.6 Å². The van der Waals surface area contributed by atoms with Crippen LogP contribution in [-0.2, 0) is 19.6 Å². The summed E-state index contributed by atoms with van der Waals surface area (Å²) in [6, 6.07) is 7.34. The summed E-state index contributed by atoms with van der Waals surface area (Å²) in [5.74, 6) is -0.193. The van der Waals surface area contributed by atoms with Crippen molar-refractivity contribution >= 4 is 38.9 Å². The van der Waals surface area contributed by atoms with Gasteiger partial charge in [0.2, 0.25) is 5.91 Å². The second-order valence-corrected chi connectivity index (χ2v) is 15.1. The molecular formula is C32H50N4O7S2. The van der Waals surface area contributed by atoms with Crippen LogP contribution in [0.15, 0.2) is 39.9 Å². The standard InChI is InChI=1S/C32H50N4O7S2/c1-23-20-36(24(2)22-37)32(39)27-19-26(33-45(40,41)31-13-10-18-44-31)14-15-28(27)43-25(3)11-7-8-17-42-29(23)21-35(6)30(38)12-9-16-34(4)5/h10,13-15,18-19,23-25,29,33,37H,7-9,11-12,16-17,20-22H2,1-6H3/t23-,24+,25+,29-/m0/s1. The van der Waals surface area contributed by atoms with Crippen molar-refractivity contribution in [2.24, 2.45) is 5.92 Å². The SMILES string of the molecule is C[C@@H]1CCCCO[C@@H](CN(C)C(=O)CCCN(C)C)[C@@H](C)CN([C@H](C)CO)C(=O)c2cc(NS(=O)(=O)c3cccs3)ccc2O1. The molecule has 2 N–H and O–H groups in total. The third kappa shape index (κ3) is 11.0. The van der Waals surface area contributed by atoms with Crippen LogP contribution in [0.1, 0.15) is 63.2 Å². The van der Waals surface area contributed by atoms with Crippen LogP contribution in [0.4, 0.5) is 5.69 Å². The molecule has 2 aromatic rings. The van der Waals surface area contributed by atoms with E-state index in [1.807, 2.05) is 27.9 Å². The lowest BCUT2D eigenvalue weighted by atomic mass is 10.0. The lowest BCUT2D eigenvalue weighted by Crippen LogP contribution is -2.48. The number of aliphatic hydroxyl groups excluding tert-OH is 1. The summed E-state index contributed by atoms with van der Waals surface area (Å²) in [7, 11) is 1.90. The van der Waals surface area contributed by atoms with Gasteiger partial charge in [0, 0.05) is 44.8 Å². The van der Waals surface area contributed by atoms with Crippen molar-refractivity contribution in [3.8, 4) is 5.75 Å². The van der Waals surface area contributed by atoms with E-state index in [2.05, 4.69) is 9.62 Å². The summed E-state index contributed by atoms with van der Waals surface area (Å²) in [5.41, 5.74) is 0.427. The van der Waals surface area contributed by atoms with Gasteiger partial charge in [-0.3, -0.25) is 14.3 Å². The highest BCUT2D eigenvalue weighted by Gasteiger charge is 2.31. The van der Waals surface area contributed by atoms with Gasteiger partial charge in [0.15, 0.2) is 0 Å². The Hall–Kier alpha value is -2.71. The number of nitrogens with one attached hydrogen (secondary N) is 1. The van der Waals surface area contributed by atoms with Crippen LogP contribution in [0.5, 0.6) is 5.75 Å². The lowest BCUT2D eigenvalue weighted by molar-refractivity contribution is -0.132. The first-order valence-corrected chi connectivity index (χ1v) is 18.0. The van der Waals surface area contributed by atoms with Gasteiger partial charge in [0.25, 0.3) is 15.9 Å². The van der Waals surface area contributed by atoms with Crippen molar-refractivity contribution in [1.29, 1.82) is 0 Å². The number of carbonyl (C=O) groups is 2. The van der Waals surface area contributed by atoms with Gasteiger partial charge in [-0.05, 0) is 89.8 Å². The van der Waals surface area contributed by atoms with Crippen molar-refractivity contribution in [2.45, 2.75) is 75.3 Å². The Labute approximate surface area is 272 Å². The maximum atomic E-state index is 14.3. The molecule has 2 heterocycles. The quantitative estimate of drug-likeness (QED) is 0.366. The first-order valence-electron chi connectivity index (χ1n) is 15.6. The normalized spacial score (nSPS) is 21.0. The predicted octanol–water partition coefficient (Wildman–Crippen LogP) is 4.14. The van der Waals surface area contributed by atoms with Crippen LogP contribution in [0, 0.1) is 5.92 Å². The first-order chi connectivity index (χ1) is 21.3. The van der Waals surface area contributed by atoms with E-state index in [-0.39, 0.29) is 52.6 Å². The third-order valence-electron chi connectivity index (χ3n) is 7.94. The van der Waals surface area contributed by atoms with Gasteiger partial charge >= 0.3 is 0 Å². The largest absolute Gasteiger partial charge is 0.490 e. The summed E-state index contributed by atoms with van der Waals surface area (Å²) in [4.78, 5) is 32.5. The fourth-order valence-corrected chi connectivity index (χ4v) is 7.22. The van der Waals surface area contributed by atoms with Crippen LogP contribution in [-0.4, -0.2) is 112 Å². The fourth-order valence-electron chi connectivity index (χ4n) is 5.18. The van der Waals surface area contributed by atoms with Crippen molar-refractivity contribution in [3.05, 3.63) is 41.3 Å². The topological polar surface area (TPSA) is 129 Å². The number of benzene rings is 1. The Morgan fingerprint density at radius 3 is 2.62 bits per heavy atom. The maximum Gasteiger partial charge on any atom is 0.271 e. The van der Waals surface area contributed by atoms with Gasteiger partial charge in [-0.1, -0.05) is 13.0 Å². The van der Waals surface area contributed by atoms with E-state index in [1.54, 1.807) is 47.4 Å². The molecule has 1 aromatic carbocycles. The Morgan fingerprint density at radius 2 is 1.96 bits per heavy atom. The minimum absolute atomic E-state index is 0.0427. The predicted molar refractivity (Wildman–Crippen MR) is 177 cm³/mol. The number of amides is 2. The van der Waals surface area contributed by atoms with Crippen LogP contribution in [0.2, 0.25) is 0 Å². The number of sulfonamides is 1.